The van der Waals surface area contributed by atoms with E-state index in [0.717, 1.165) is 16.9 Å². The lowest BCUT2D eigenvalue weighted by Crippen LogP contribution is -2.54. The van der Waals surface area contributed by atoms with Gasteiger partial charge in [-0.15, -0.1) is 0 Å². The van der Waals surface area contributed by atoms with E-state index in [9.17, 15) is 14.7 Å². The summed E-state index contributed by atoms with van der Waals surface area (Å²) in [5, 5.41) is 13.8. The molecule has 1 heterocycles. The average Bonchev–Trinajstić information content (AvgIpc) is 2.78. The van der Waals surface area contributed by atoms with E-state index in [-0.39, 0.29) is 31.1 Å². The Morgan fingerprint density at radius 2 is 2.04 bits per heavy atom. The molecule has 3 rings (SSSR count). The minimum Gasteiger partial charge on any atom is -0.389 e. The number of aliphatic hydroxyl groups is 1. The maximum atomic E-state index is 13.1. The molecule has 1 aromatic carbocycles. The van der Waals surface area contributed by atoms with Crippen molar-refractivity contribution < 1.29 is 19.4 Å². The summed E-state index contributed by atoms with van der Waals surface area (Å²) < 4.78 is 5.53. The van der Waals surface area contributed by atoms with Crippen molar-refractivity contribution in [2.45, 2.75) is 58.3 Å². The van der Waals surface area contributed by atoms with Crippen LogP contribution in [0.3, 0.4) is 0 Å². The van der Waals surface area contributed by atoms with Crippen molar-refractivity contribution in [3.05, 3.63) is 34.9 Å². The number of rotatable bonds is 6. The van der Waals surface area contributed by atoms with Crippen molar-refractivity contribution in [1.29, 1.82) is 0 Å². The van der Waals surface area contributed by atoms with Gasteiger partial charge in [0, 0.05) is 5.02 Å². The van der Waals surface area contributed by atoms with Crippen molar-refractivity contribution in [1.82, 2.24) is 10.2 Å². The first-order valence-electron chi connectivity index (χ1n) is 9.75. The molecule has 1 saturated carbocycles. The maximum Gasteiger partial charge on any atom is 0.325 e. The topological polar surface area (TPSA) is 78.9 Å². The van der Waals surface area contributed by atoms with Crippen molar-refractivity contribution in [3.63, 3.8) is 0 Å². The van der Waals surface area contributed by atoms with Gasteiger partial charge in [-0.2, -0.15) is 0 Å². The number of benzene rings is 1. The number of hydrogen-bond donors (Lipinski definition) is 2. The molecule has 2 aliphatic rings. The fraction of sp³-hybridized carbons (Fsp3) is 0.619. The van der Waals surface area contributed by atoms with E-state index in [0.29, 0.717) is 23.8 Å². The van der Waals surface area contributed by atoms with Gasteiger partial charge in [0.2, 0.25) is 0 Å². The third kappa shape index (κ3) is 4.50. The molecule has 3 amide bonds. The highest BCUT2D eigenvalue weighted by Crippen LogP contribution is 2.46. The van der Waals surface area contributed by atoms with Gasteiger partial charge >= 0.3 is 6.03 Å². The number of carbonyl (C=O) groups excluding carboxylic acids is 2. The monoisotopic (exact) mass is 408 g/mol. The highest BCUT2D eigenvalue weighted by molar-refractivity contribution is 6.31. The van der Waals surface area contributed by atoms with Crippen LogP contribution in [0.4, 0.5) is 4.79 Å². The third-order valence-electron chi connectivity index (χ3n) is 5.54. The number of carbonyl (C=O) groups is 2. The summed E-state index contributed by atoms with van der Waals surface area (Å²) in [5.74, 6) is 0.110. The summed E-state index contributed by atoms with van der Waals surface area (Å²) in [4.78, 5) is 26.7. The molecule has 0 unspecified atom stereocenters. The predicted molar refractivity (Wildman–Crippen MR) is 107 cm³/mol. The zero-order valence-corrected chi connectivity index (χ0v) is 17.5. The minimum absolute atomic E-state index is 0.0111. The molecule has 1 saturated heterocycles. The molecule has 1 spiro atoms. The lowest BCUT2D eigenvalue weighted by Gasteiger charge is -2.43. The summed E-state index contributed by atoms with van der Waals surface area (Å²) in [5.41, 5.74) is -0.0484. The van der Waals surface area contributed by atoms with E-state index < -0.39 is 17.7 Å². The second kappa shape index (κ2) is 8.01. The highest BCUT2D eigenvalue weighted by Gasteiger charge is 2.56. The van der Waals surface area contributed by atoms with Crippen molar-refractivity contribution in [2.75, 3.05) is 13.2 Å². The molecule has 3 atom stereocenters. The second-order valence-corrected chi connectivity index (χ2v) is 9.45. The molecule has 154 valence electrons. The number of nitrogens with zero attached hydrogens (tertiary/aromatic N) is 1. The summed E-state index contributed by atoms with van der Waals surface area (Å²) in [6.07, 6.45) is 1.32. The number of β-amino-alcohol motifs (C(OH)–C–C–N with tert-alkyl or cyclic N) is 1. The lowest BCUT2D eigenvalue weighted by molar-refractivity contribution is -0.136. The Hall–Kier alpha value is -1.63. The summed E-state index contributed by atoms with van der Waals surface area (Å²) in [6, 6.07) is 6.89. The summed E-state index contributed by atoms with van der Waals surface area (Å²) in [7, 11) is 0. The molecular formula is C21H29ClN2O4. The number of imide groups is 1. The number of urea groups is 1. The summed E-state index contributed by atoms with van der Waals surface area (Å²) >= 11 is 6.08. The van der Waals surface area contributed by atoms with Crippen LogP contribution < -0.4 is 5.32 Å². The Bertz CT molecular complexity index is 754. The molecule has 2 fully saturated rings. The Labute approximate surface area is 171 Å². The maximum absolute atomic E-state index is 13.1. The third-order valence-corrected chi connectivity index (χ3v) is 5.91. The van der Waals surface area contributed by atoms with Gasteiger partial charge in [0.05, 0.1) is 25.9 Å². The van der Waals surface area contributed by atoms with Gasteiger partial charge in [-0.3, -0.25) is 9.69 Å². The molecule has 0 radical (unpaired) electrons. The number of hydrogen-bond acceptors (Lipinski definition) is 4. The molecule has 1 aliphatic heterocycles. The SMILES string of the molecule is C[C@@H]1CC(C)(C)C[C@]2(C1)NC(=O)N(C[C@@H](O)COCc1ccccc1Cl)C2=O. The van der Waals surface area contributed by atoms with Gasteiger partial charge in [0.25, 0.3) is 5.91 Å². The van der Waals surface area contributed by atoms with E-state index in [1.807, 2.05) is 18.2 Å². The fourth-order valence-corrected chi connectivity index (χ4v) is 5.05. The van der Waals surface area contributed by atoms with Crippen LogP contribution in [0.25, 0.3) is 0 Å². The fourth-order valence-electron chi connectivity index (χ4n) is 4.86. The van der Waals surface area contributed by atoms with Gasteiger partial charge in [-0.05, 0) is 42.2 Å². The summed E-state index contributed by atoms with van der Waals surface area (Å²) in [6.45, 7) is 6.56. The van der Waals surface area contributed by atoms with Crippen molar-refractivity contribution in [2.24, 2.45) is 11.3 Å². The normalized spacial score (nSPS) is 27.9. The van der Waals surface area contributed by atoms with E-state index in [4.69, 9.17) is 16.3 Å². The lowest BCUT2D eigenvalue weighted by atomic mass is 9.64. The molecule has 0 aromatic heterocycles. The van der Waals surface area contributed by atoms with Crippen LogP contribution in [0, 0.1) is 11.3 Å². The standard InChI is InChI=1S/C21H29ClN2O4/c1-14-8-20(2,3)13-21(9-14)18(26)24(19(27)23-21)10-16(25)12-28-11-15-6-4-5-7-17(15)22/h4-7,14,16,25H,8-13H2,1-3H3,(H,23,27)/t14-,16-,21+/m1/s1. The average molecular weight is 409 g/mol. The Morgan fingerprint density at radius 1 is 1.32 bits per heavy atom. The molecule has 1 aliphatic carbocycles. The van der Waals surface area contributed by atoms with E-state index >= 15 is 0 Å². The van der Waals surface area contributed by atoms with Crippen molar-refractivity contribution >= 4 is 23.5 Å². The second-order valence-electron chi connectivity index (χ2n) is 9.04. The molecule has 28 heavy (non-hydrogen) atoms. The van der Waals surface area contributed by atoms with Gasteiger partial charge in [-0.25, -0.2) is 4.79 Å². The van der Waals surface area contributed by atoms with Gasteiger partial charge in [-0.1, -0.05) is 50.6 Å². The van der Waals surface area contributed by atoms with Gasteiger partial charge < -0.3 is 15.2 Å². The predicted octanol–water partition coefficient (Wildman–Crippen LogP) is 3.35. The van der Waals surface area contributed by atoms with Crippen molar-refractivity contribution in [3.8, 4) is 0 Å². The smallest absolute Gasteiger partial charge is 0.325 e. The molecule has 7 heteroatoms. The number of nitrogens with one attached hydrogen (secondary N) is 1. The van der Waals surface area contributed by atoms with Crippen LogP contribution in [0.2, 0.25) is 5.02 Å². The minimum atomic E-state index is -0.957. The zero-order chi connectivity index (χ0) is 20.5. The first-order chi connectivity index (χ1) is 13.1. The van der Waals surface area contributed by atoms with E-state index in [1.165, 1.54) is 0 Å². The van der Waals surface area contributed by atoms with Crippen LogP contribution in [-0.4, -0.2) is 46.7 Å². The number of aliphatic hydroxyl groups excluding tert-OH is 1. The Kier molecular flexibility index (Phi) is 6.03. The first-order valence-corrected chi connectivity index (χ1v) is 10.1. The van der Waals surface area contributed by atoms with Crippen LogP contribution in [0.15, 0.2) is 24.3 Å². The Balaban J connectivity index is 1.57. The van der Waals surface area contributed by atoms with E-state index in [1.54, 1.807) is 6.07 Å². The molecule has 2 N–H and O–H groups in total. The Morgan fingerprint density at radius 3 is 2.71 bits per heavy atom. The molecule has 1 aromatic rings. The van der Waals surface area contributed by atoms with Crippen LogP contribution in [0.1, 0.15) is 45.6 Å². The van der Waals surface area contributed by atoms with Crippen LogP contribution in [-0.2, 0) is 16.1 Å². The first kappa shape index (κ1) is 21.1. The van der Waals surface area contributed by atoms with Crippen LogP contribution in [0.5, 0.6) is 0 Å². The molecule has 6 nitrogen and oxygen atoms in total. The van der Waals surface area contributed by atoms with E-state index in [2.05, 4.69) is 26.1 Å². The highest BCUT2D eigenvalue weighted by atomic mass is 35.5. The number of amides is 3. The number of ether oxygens (including phenoxy) is 1. The van der Waals surface area contributed by atoms with Gasteiger partial charge in [0.15, 0.2) is 0 Å². The number of halogens is 1. The molecule has 0 bridgehead atoms. The largest absolute Gasteiger partial charge is 0.389 e. The molecular weight excluding hydrogens is 380 g/mol. The van der Waals surface area contributed by atoms with Gasteiger partial charge in [0.1, 0.15) is 5.54 Å². The van der Waals surface area contributed by atoms with Crippen LogP contribution >= 0.6 is 11.6 Å². The zero-order valence-electron chi connectivity index (χ0n) is 16.7. The quantitative estimate of drug-likeness (QED) is 0.707.